The molecule has 0 aliphatic carbocycles. The van der Waals surface area contributed by atoms with Gasteiger partial charge in [-0.2, -0.15) is 8.42 Å². The van der Waals surface area contributed by atoms with Gasteiger partial charge in [-0.25, -0.2) is 4.79 Å². The number of hydrogen-bond acceptors (Lipinski definition) is 5. The predicted octanol–water partition coefficient (Wildman–Crippen LogP) is 0.678. The fourth-order valence-electron chi connectivity index (χ4n) is 1.24. The van der Waals surface area contributed by atoms with Gasteiger partial charge >= 0.3 is 0 Å². The van der Waals surface area contributed by atoms with Crippen LogP contribution < -0.4 is 10.1 Å². The maximum absolute atomic E-state index is 11.5. The Balaban J connectivity index is 3.34. The quantitative estimate of drug-likeness (QED) is 0.640. The first-order chi connectivity index (χ1) is 8.40. The molecular weight excluding hydrogens is 260 g/mol. The van der Waals surface area contributed by atoms with E-state index in [4.69, 9.17) is 4.74 Å². The summed E-state index contributed by atoms with van der Waals surface area (Å²) >= 11 is 0. The normalized spacial score (nSPS) is 10.3. The van der Waals surface area contributed by atoms with E-state index in [-0.39, 0.29) is 16.5 Å². The molecule has 7 nitrogen and oxygen atoms in total. The van der Waals surface area contributed by atoms with Crippen LogP contribution in [0.4, 0.5) is 5.69 Å². The number of nitrogens with one attached hydrogen (secondary N) is 1. The SMILES string of the molecule is COc1ccc(S(=O)(=O)N=C=O)cc1NC(C)=O. The summed E-state index contributed by atoms with van der Waals surface area (Å²) in [4.78, 5) is 20.7. The summed E-state index contributed by atoms with van der Waals surface area (Å²) in [5.41, 5.74) is 0.173. The van der Waals surface area contributed by atoms with Crippen LogP contribution in [0.1, 0.15) is 6.92 Å². The number of methoxy groups -OCH3 is 1. The smallest absolute Gasteiger partial charge is 0.292 e. The van der Waals surface area contributed by atoms with E-state index in [0.29, 0.717) is 5.75 Å². The highest BCUT2D eigenvalue weighted by molar-refractivity contribution is 7.90. The Morgan fingerprint density at radius 3 is 2.61 bits per heavy atom. The highest BCUT2D eigenvalue weighted by atomic mass is 32.2. The Labute approximate surface area is 104 Å². The first-order valence-electron chi connectivity index (χ1n) is 4.70. The number of nitrogens with zero attached hydrogens (tertiary/aromatic N) is 1. The third kappa shape index (κ3) is 3.16. The molecule has 0 saturated heterocycles. The second-order valence-corrected chi connectivity index (χ2v) is 4.81. The lowest BCUT2D eigenvalue weighted by Crippen LogP contribution is -2.08. The van der Waals surface area contributed by atoms with E-state index in [9.17, 15) is 18.0 Å². The molecule has 1 aromatic rings. The summed E-state index contributed by atoms with van der Waals surface area (Å²) < 4.78 is 30.6. The molecule has 0 unspecified atom stereocenters. The Hall–Kier alpha value is -2.18. The third-order valence-corrected chi connectivity index (χ3v) is 3.10. The van der Waals surface area contributed by atoms with E-state index in [1.165, 1.54) is 26.2 Å². The van der Waals surface area contributed by atoms with Gasteiger partial charge in [0.05, 0.1) is 17.7 Å². The van der Waals surface area contributed by atoms with Crippen molar-refractivity contribution >= 4 is 27.7 Å². The summed E-state index contributed by atoms with van der Waals surface area (Å²) in [6, 6.07) is 3.70. The predicted molar refractivity (Wildman–Crippen MR) is 62.6 cm³/mol. The Bertz CT molecular complexity index is 617. The number of hydrogen-bond donors (Lipinski definition) is 1. The van der Waals surface area contributed by atoms with Crippen molar-refractivity contribution in [2.45, 2.75) is 11.8 Å². The summed E-state index contributed by atoms with van der Waals surface area (Å²) in [6.45, 7) is 1.27. The van der Waals surface area contributed by atoms with Gasteiger partial charge in [-0.1, -0.05) is 4.40 Å². The minimum atomic E-state index is -4.10. The zero-order valence-electron chi connectivity index (χ0n) is 9.63. The second-order valence-electron chi connectivity index (χ2n) is 3.20. The van der Waals surface area contributed by atoms with E-state index in [2.05, 4.69) is 9.71 Å². The van der Waals surface area contributed by atoms with Crippen LogP contribution in [0.3, 0.4) is 0 Å². The van der Waals surface area contributed by atoms with Crippen LogP contribution >= 0.6 is 0 Å². The third-order valence-electron chi connectivity index (χ3n) is 1.94. The Morgan fingerprint density at radius 1 is 1.44 bits per heavy atom. The maximum atomic E-state index is 11.5. The lowest BCUT2D eigenvalue weighted by Gasteiger charge is -2.09. The van der Waals surface area contributed by atoms with Crippen LogP contribution in [-0.4, -0.2) is 27.5 Å². The fourth-order valence-corrected chi connectivity index (χ4v) is 1.95. The van der Waals surface area contributed by atoms with E-state index in [0.717, 1.165) is 12.1 Å². The monoisotopic (exact) mass is 270 g/mol. The molecular formula is C10H10N2O5S. The van der Waals surface area contributed by atoms with Crippen molar-refractivity contribution in [3.8, 4) is 5.75 Å². The lowest BCUT2D eigenvalue weighted by molar-refractivity contribution is -0.114. The molecule has 96 valence electrons. The van der Waals surface area contributed by atoms with Crippen molar-refractivity contribution in [1.82, 2.24) is 0 Å². The molecule has 0 saturated carbocycles. The zero-order chi connectivity index (χ0) is 13.8. The average molecular weight is 270 g/mol. The summed E-state index contributed by atoms with van der Waals surface area (Å²) in [6.07, 6.45) is 0.964. The maximum Gasteiger partial charge on any atom is 0.292 e. The molecule has 0 spiro atoms. The Kier molecular flexibility index (Phi) is 4.19. The van der Waals surface area contributed by atoms with Crippen molar-refractivity contribution < 1.29 is 22.7 Å². The molecule has 0 fully saturated rings. The van der Waals surface area contributed by atoms with Gasteiger partial charge in [0.1, 0.15) is 5.75 Å². The van der Waals surface area contributed by atoms with Crippen LogP contribution in [0, 0.1) is 0 Å². The number of carbonyl (C=O) groups is 1. The lowest BCUT2D eigenvalue weighted by atomic mass is 10.3. The molecule has 0 aliphatic heterocycles. The number of ether oxygens (including phenoxy) is 1. The van der Waals surface area contributed by atoms with Gasteiger partial charge in [-0.15, -0.1) is 0 Å². The molecule has 1 aromatic carbocycles. The Morgan fingerprint density at radius 2 is 2.11 bits per heavy atom. The topological polar surface area (TPSA) is 102 Å². The number of isocyanates is 1. The van der Waals surface area contributed by atoms with E-state index in [1.807, 2.05) is 0 Å². The van der Waals surface area contributed by atoms with Gasteiger partial charge in [0.15, 0.2) is 0 Å². The summed E-state index contributed by atoms with van der Waals surface area (Å²) in [5, 5.41) is 2.41. The van der Waals surface area contributed by atoms with Gasteiger partial charge in [0, 0.05) is 6.92 Å². The minimum absolute atomic E-state index is 0.173. The zero-order valence-corrected chi connectivity index (χ0v) is 10.4. The molecule has 0 aliphatic rings. The van der Waals surface area contributed by atoms with Crippen LogP contribution in [0.5, 0.6) is 5.75 Å². The number of amides is 1. The van der Waals surface area contributed by atoms with Gasteiger partial charge in [-0.05, 0) is 18.2 Å². The molecule has 0 radical (unpaired) electrons. The van der Waals surface area contributed by atoms with Crippen molar-refractivity contribution in [3.63, 3.8) is 0 Å². The van der Waals surface area contributed by atoms with Crippen LogP contribution in [0.2, 0.25) is 0 Å². The van der Waals surface area contributed by atoms with Crippen molar-refractivity contribution in [2.75, 3.05) is 12.4 Å². The van der Waals surface area contributed by atoms with Crippen molar-refractivity contribution in [2.24, 2.45) is 4.40 Å². The summed E-state index contributed by atoms with van der Waals surface area (Å²) in [5.74, 6) is -0.0963. The van der Waals surface area contributed by atoms with E-state index >= 15 is 0 Å². The minimum Gasteiger partial charge on any atom is -0.495 e. The number of benzene rings is 1. The fraction of sp³-hybridized carbons (Fsp3) is 0.200. The first kappa shape index (κ1) is 13.9. The van der Waals surface area contributed by atoms with Crippen molar-refractivity contribution in [1.29, 1.82) is 0 Å². The molecule has 8 heteroatoms. The first-order valence-corrected chi connectivity index (χ1v) is 6.14. The highest BCUT2D eigenvalue weighted by Crippen LogP contribution is 2.28. The second kappa shape index (κ2) is 5.44. The average Bonchev–Trinajstić information content (AvgIpc) is 2.28. The molecule has 1 N–H and O–H groups in total. The number of rotatable bonds is 4. The molecule has 0 atom stereocenters. The van der Waals surface area contributed by atoms with Gasteiger partial charge < -0.3 is 10.1 Å². The molecule has 0 aromatic heterocycles. The number of carbonyl (C=O) groups excluding carboxylic acids is 2. The summed E-state index contributed by atoms with van der Waals surface area (Å²) in [7, 11) is -2.73. The molecule has 1 rings (SSSR count). The number of sulfonamides is 1. The van der Waals surface area contributed by atoms with Crippen molar-refractivity contribution in [3.05, 3.63) is 18.2 Å². The van der Waals surface area contributed by atoms with Crippen LogP contribution in [-0.2, 0) is 19.6 Å². The number of anilines is 1. The molecule has 1 amide bonds. The van der Waals surface area contributed by atoms with Gasteiger partial charge in [-0.3, -0.25) is 4.79 Å². The molecule has 0 bridgehead atoms. The van der Waals surface area contributed by atoms with Gasteiger partial charge in [0.25, 0.3) is 16.1 Å². The van der Waals surface area contributed by atoms with Crippen LogP contribution in [0.25, 0.3) is 0 Å². The van der Waals surface area contributed by atoms with Crippen LogP contribution in [0.15, 0.2) is 27.5 Å². The molecule has 0 heterocycles. The van der Waals surface area contributed by atoms with E-state index in [1.54, 1.807) is 0 Å². The molecule has 18 heavy (non-hydrogen) atoms. The highest BCUT2D eigenvalue weighted by Gasteiger charge is 2.16. The standard InChI is InChI=1S/C10H10N2O5S/c1-7(14)12-9-5-8(3-4-10(9)17-2)18(15,16)11-6-13/h3-5H,1-2H3,(H,12,14). The van der Waals surface area contributed by atoms with E-state index < -0.39 is 10.0 Å². The largest absolute Gasteiger partial charge is 0.495 e. The van der Waals surface area contributed by atoms with Gasteiger partial charge in [0.2, 0.25) is 5.91 Å².